The number of aliphatic carboxylic acids is 1. The van der Waals surface area contributed by atoms with Crippen LogP contribution in [0.15, 0.2) is 48.5 Å². The van der Waals surface area contributed by atoms with E-state index >= 15 is 0 Å². The molecule has 1 aliphatic heterocycles. The number of hydrogen-bond acceptors (Lipinski definition) is 4. The number of nitrogens with zero attached hydrogens (tertiary/aromatic N) is 1. The average Bonchev–Trinajstić information content (AvgIpc) is 2.61. The van der Waals surface area contributed by atoms with Crippen LogP contribution in [0.1, 0.15) is 16.7 Å². The van der Waals surface area contributed by atoms with Crippen molar-refractivity contribution in [1.82, 2.24) is 4.90 Å². The van der Waals surface area contributed by atoms with Gasteiger partial charge >= 0.3 is 5.97 Å². The van der Waals surface area contributed by atoms with Crippen molar-refractivity contribution in [1.29, 1.82) is 0 Å². The molecule has 0 saturated carbocycles. The van der Waals surface area contributed by atoms with Crippen LogP contribution in [0.3, 0.4) is 0 Å². The highest BCUT2D eigenvalue weighted by Crippen LogP contribution is 2.24. The standard InChI is InChI=1S/C19H20N2O4/c20-16(9-12-5-7-15(22)8-6-12)18(23)21-11-14-4-2-1-3-13(14)10-17(21)19(24)25/h1-8,16-17,22H,9-11,20H2,(H,24,25)/t16-,17?/m1/s1. The quantitative estimate of drug-likeness (QED) is 0.778. The third-order valence-electron chi connectivity index (χ3n) is 4.53. The largest absolute Gasteiger partial charge is 0.508 e. The van der Waals surface area contributed by atoms with Gasteiger partial charge in [0.05, 0.1) is 6.04 Å². The Kier molecular flexibility index (Phi) is 4.72. The fourth-order valence-corrected chi connectivity index (χ4v) is 3.16. The molecule has 25 heavy (non-hydrogen) atoms. The smallest absolute Gasteiger partial charge is 0.326 e. The number of carboxylic acids is 1. The van der Waals surface area contributed by atoms with E-state index in [4.69, 9.17) is 5.73 Å². The zero-order chi connectivity index (χ0) is 18.0. The summed E-state index contributed by atoms with van der Waals surface area (Å²) in [5.74, 6) is -1.27. The van der Waals surface area contributed by atoms with Crippen LogP contribution in [-0.2, 0) is 29.0 Å². The van der Waals surface area contributed by atoms with Gasteiger partial charge < -0.3 is 20.8 Å². The second-order valence-electron chi connectivity index (χ2n) is 6.27. The maximum atomic E-state index is 12.8. The summed E-state index contributed by atoms with van der Waals surface area (Å²) >= 11 is 0. The van der Waals surface area contributed by atoms with E-state index in [0.29, 0.717) is 0 Å². The SMILES string of the molecule is N[C@H](Cc1ccc(O)cc1)C(=O)N1Cc2ccccc2CC1C(=O)O. The molecule has 0 aliphatic carbocycles. The van der Waals surface area contributed by atoms with Gasteiger partial charge in [-0.2, -0.15) is 0 Å². The van der Waals surface area contributed by atoms with Crippen LogP contribution >= 0.6 is 0 Å². The summed E-state index contributed by atoms with van der Waals surface area (Å²) in [5, 5.41) is 18.8. The first-order valence-electron chi connectivity index (χ1n) is 8.09. The first-order valence-corrected chi connectivity index (χ1v) is 8.09. The van der Waals surface area contributed by atoms with Crippen LogP contribution in [0.25, 0.3) is 0 Å². The fourth-order valence-electron chi connectivity index (χ4n) is 3.16. The number of amides is 1. The molecule has 0 radical (unpaired) electrons. The van der Waals surface area contributed by atoms with Gasteiger partial charge in [-0.15, -0.1) is 0 Å². The second-order valence-corrected chi connectivity index (χ2v) is 6.27. The van der Waals surface area contributed by atoms with Gasteiger partial charge in [0.1, 0.15) is 11.8 Å². The fraction of sp³-hybridized carbons (Fsp3) is 0.263. The summed E-state index contributed by atoms with van der Waals surface area (Å²) in [6.07, 6.45) is 0.562. The first-order chi connectivity index (χ1) is 12.0. The van der Waals surface area contributed by atoms with Gasteiger partial charge in [0, 0.05) is 13.0 Å². The molecule has 2 aromatic carbocycles. The first kappa shape index (κ1) is 17.0. The molecule has 6 heteroatoms. The van der Waals surface area contributed by atoms with Crippen molar-refractivity contribution in [2.24, 2.45) is 5.73 Å². The molecular formula is C19H20N2O4. The Hall–Kier alpha value is -2.86. The molecule has 4 N–H and O–H groups in total. The van der Waals surface area contributed by atoms with E-state index in [-0.39, 0.29) is 31.0 Å². The lowest BCUT2D eigenvalue weighted by atomic mass is 9.93. The Labute approximate surface area is 145 Å². The Morgan fingerprint density at radius 1 is 1.12 bits per heavy atom. The van der Waals surface area contributed by atoms with E-state index in [9.17, 15) is 19.8 Å². The zero-order valence-corrected chi connectivity index (χ0v) is 13.6. The topological polar surface area (TPSA) is 104 Å². The minimum absolute atomic E-state index is 0.141. The van der Waals surface area contributed by atoms with E-state index < -0.39 is 18.1 Å². The minimum atomic E-state index is -1.03. The molecule has 1 unspecified atom stereocenters. The molecule has 130 valence electrons. The molecule has 0 fully saturated rings. The molecule has 1 aliphatic rings. The molecule has 0 spiro atoms. The van der Waals surface area contributed by atoms with Crippen molar-refractivity contribution >= 4 is 11.9 Å². The molecule has 3 rings (SSSR count). The Morgan fingerprint density at radius 2 is 1.76 bits per heavy atom. The predicted octanol–water partition coefficient (Wildman–Crippen LogP) is 1.30. The number of phenolic OH excluding ortho intramolecular Hbond substituents is 1. The molecule has 0 aromatic heterocycles. The number of benzene rings is 2. The van der Waals surface area contributed by atoms with E-state index in [1.165, 1.54) is 17.0 Å². The van der Waals surface area contributed by atoms with Gasteiger partial charge in [-0.05, 0) is 35.2 Å². The van der Waals surface area contributed by atoms with Gasteiger partial charge in [-0.1, -0.05) is 36.4 Å². The van der Waals surface area contributed by atoms with E-state index in [2.05, 4.69) is 0 Å². The highest BCUT2D eigenvalue weighted by Gasteiger charge is 2.36. The van der Waals surface area contributed by atoms with Crippen molar-refractivity contribution in [3.8, 4) is 5.75 Å². The molecule has 1 amide bonds. The molecule has 6 nitrogen and oxygen atoms in total. The summed E-state index contributed by atoms with van der Waals surface area (Å²) in [7, 11) is 0. The maximum absolute atomic E-state index is 12.8. The number of hydrogen-bond donors (Lipinski definition) is 3. The average molecular weight is 340 g/mol. The van der Waals surface area contributed by atoms with Crippen molar-refractivity contribution in [3.05, 3.63) is 65.2 Å². The highest BCUT2D eigenvalue weighted by molar-refractivity contribution is 5.87. The third-order valence-corrected chi connectivity index (χ3v) is 4.53. The molecular weight excluding hydrogens is 320 g/mol. The molecule has 2 aromatic rings. The number of carbonyl (C=O) groups is 2. The Morgan fingerprint density at radius 3 is 2.40 bits per heavy atom. The van der Waals surface area contributed by atoms with Crippen molar-refractivity contribution in [2.45, 2.75) is 31.5 Å². The van der Waals surface area contributed by atoms with Crippen LogP contribution in [0.5, 0.6) is 5.75 Å². The Balaban J connectivity index is 1.79. The number of carboxylic acid groups (broad SMARTS) is 1. The summed E-state index contributed by atoms with van der Waals surface area (Å²) < 4.78 is 0. The minimum Gasteiger partial charge on any atom is -0.508 e. The number of carbonyl (C=O) groups excluding carboxylic acids is 1. The van der Waals surface area contributed by atoms with Crippen LogP contribution in [-0.4, -0.2) is 39.1 Å². The number of rotatable bonds is 4. The lowest BCUT2D eigenvalue weighted by molar-refractivity contribution is -0.152. The number of phenols is 1. The maximum Gasteiger partial charge on any atom is 0.326 e. The van der Waals surface area contributed by atoms with Crippen LogP contribution in [0.4, 0.5) is 0 Å². The molecule has 2 atom stereocenters. The monoisotopic (exact) mass is 340 g/mol. The van der Waals surface area contributed by atoms with Gasteiger partial charge in [-0.3, -0.25) is 4.79 Å². The van der Waals surface area contributed by atoms with Crippen molar-refractivity contribution in [2.75, 3.05) is 0 Å². The van der Waals surface area contributed by atoms with Crippen LogP contribution in [0.2, 0.25) is 0 Å². The van der Waals surface area contributed by atoms with Crippen LogP contribution < -0.4 is 5.73 Å². The normalized spacial score (nSPS) is 17.6. The molecule has 0 bridgehead atoms. The van der Waals surface area contributed by atoms with E-state index in [1.54, 1.807) is 12.1 Å². The summed E-state index contributed by atoms with van der Waals surface area (Å²) in [4.78, 5) is 25.8. The van der Waals surface area contributed by atoms with E-state index in [1.807, 2.05) is 24.3 Å². The number of nitrogens with two attached hydrogens (primary N) is 1. The summed E-state index contributed by atoms with van der Waals surface area (Å²) in [6.45, 7) is 0.245. The number of fused-ring (bicyclic) bond motifs is 1. The predicted molar refractivity (Wildman–Crippen MR) is 91.9 cm³/mol. The van der Waals surface area contributed by atoms with Crippen LogP contribution in [0, 0.1) is 0 Å². The lowest BCUT2D eigenvalue weighted by Crippen LogP contribution is -2.54. The second kappa shape index (κ2) is 6.94. The van der Waals surface area contributed by atoms with Gasteiger partial charge in [-0.25, -0.2) is 4.79 Å². The van der Waals surface area contributed by atoms with Gasteiger partial charge in [0.25, 0.3) is 0 Å². The van der Waals surface area contributed by atoms with Gasteiger partial charge in [0.15, 0.2) is 0 Å². The third kappa shape index (κ3) is 3.64. The summed E-state index contributed by atoms with van der Waals surface area (Å²) in [5.41, 5.74) is 8.76. The summed E-state index contributed by atoms with van der Waals surface area (Å²) in [6, 6.07) is 12.2. The van der Waals surface area contributed by atoms with Crippen molar-refractivity contribution in [3.63, 3.8) is 0 Å². The Bertz CT molecular complexity index is 788. The molecule has 1 heterocycles. The number of aromatic hydroxyl groups is 1. The zero-order valence-electron chi connectivity index (χ0n) is 13.6. The van der Waals surface area contributed by atoms with Gasteiger partial charge in [0.2, 0.25) is 5.91 Å². The molecule has 0 saturated heterocycles. The van der Waals surface area contributed by atoms with E-state index in [0.717, 1.165) is 16.7 Å². The highest BCUT2D eigenvalue weighted by atomic mass is 16.4. The lowest BCUT2D eigenvalue weighted by Gasteiger charge is -2.36. The van der Waals surface area contributed by atoms with Crippen molar-refractivity contribution < 1.29 is 19.8 Å².